The summed E-state index contributed by atoms with van der Waals surface area (Å²) in [5, 5.41) is 7.67. The number of nitrogens with zero attached hydrogens (tertiary/aromatic N) is 2. The second-order valence-corrected chi connectivity index (χ2v) is 6.06. The van der Waals surface area contributed by atoms with Crippen molar-refractivity contribution >= 4 is 22.5 Å². The quantitative estimate of drug-likeness (QED) is 0.582. The van der Waals surface area contributed by atoms with Crippen molar-refractivity contribution < 1.29 is 14.1 Å². The lowest BCUT2D eigenvalue weighted by molar-refractivity contribution is 0.101. The second-order valence-electron chi connectivity index (χ2n) is 6.06. The summed E-state index contributed by atoms with van der Waals surface area (Å²) in [6.45, 7) is 1.98. The van der Waals surface area contributed by atoms with Crippen LogP contribution in [0.4, 0.5) is 5.69 Å². The summed E-state index contributed by atoms with van der Waals surface area (Å²) in [5.41, 5.74) is 3.49. The predicted molar refractivity (Wildman–Crippen MR) is 103 cm³/mol. The highest BCUT2D eigenvalue weighted by Crippen LogP contribution is 2.30. The summed E-state index contributed by atoms with van der Waals surface area (Å²) in [4.78, 5) is 17.0. The molecule has 0 aliphatic rings. The largest absolute Gasteiger partial charge is 0.496 e. The van der Waals surface area contributed by atoms with Gasteiger partial charge in [0.25, 0.3) is 5.91 Å². The van der Waals surface area contributed by atoms with E-state index in [0.717, 1.165) is 22.0 Å². The zero-order valence-electron chi connectivity index (χ0n) is 14.9. The van der Waals surface area contributed by atoms with Gasteiger partial charge < -0.3 is 14.6 Å². The normalized spacial score (nSPS) is 10.7. The number of aryl methyl sites for hydroxylation is 1. The van der Waals surface area contributed by atoms with Gasteiger partial charge in [-0.25, -0.2) is 0 Å². The van der Waals surface area contributed by atoms with Crippen molar-refractivity contribution in [2.24, 2.45) is 0 Å². The van der Waals surface area contributed by atoms with Crippen molar-refractivity contribution in [1.29, 1.82) is 0 Å². The van der Waals surface area contributed by atoms with Crippen molar-refractivity contribution in [3.05, 3.63) is 72.1 Å². The number of hydrogen-bond acceptors (Lipinski definition) is 5. The number of amides is 1. The van der Waals surface area contributed by atoms with Crippen molar-refractivity contribution in [3.8, 4) is 17.1 Å². The number of carbonyl (C=O) groups excluding carboxylic acids is 1. The summed E-state index contributed by atoms with van der Waals surface area (Å²) in [6, 6.07) is 16.5. The molecule has 2 aromatic carbocycles. The Hall–Kier alpha value is -3.67. The minimum atomic E-state index is -0.353. The number of nitrogens with one attached hydrogen (secondary N) is 1. The van der Waals surface area contributed by atoms with Crippen molar-refractivity contribution in [1.82, 2.24) is 10.1 Å². The Balaban J connectivity index is 1.64. The minimum Gasteiger partial charge on any atom is -0.496 e. The van der Waals surface area contributed by atoms with Crippen LogP contribution >= 0.6 is 0 Å². The highest BCUT2D eigenvalue weighted by molar-refractivity contribution is 6.08. The Morgan fingerprint density at radius 1 is 1.11 bits per heavy atom. The molecule has 1 amide bonds. The summed E-state index contributed by atoms with van der Waals surface area (Å²) < 4.78 is 10.7. The first-order chi connectivity index (χ1) is 13.2. The Bertz CT molecular complexity index is 1130. The lowest BCUT2D eigenvalue weighted by Crippen LogP contribution is -2.12. The summed E-state index contributed by atoms with van der Waals surface area (Å²) >= 11 is 0. The first-order valence-electron chi connectivity index (χ1n) is 8.43. The van der Waals surface area contributed by atoms with Gasteiger partial charge in [0.1, 0.15) is 5.75 Å². The molecule has 6 heteroatoms. The summed E-state index contributed by atoms with van der Waals surface area (Å²) in [7, 11) is 1.58. The fraction of sp³-hybridized carbons (Fsp3) is 0.0952. The Labute approximate surface area is 155 Å². The van der Waals surface area contributed by atoms with E-state index in [1.807, 2.05) is 55.5 Å². The van der Waals surface area contributed by atoms with E-state index in [2.05, 4.69) is 15.5 Å². The molecule has 4 aromatic rings. The maximum absolute atomic E-state index is 12.7. The van der Waals surface area contributed by atoms with Crippen LogP contribution in [0.2, 0.25) is 0 Å². The molecule has 0 unspecified atom stereocenters. The van der Waals surface area contributed by atoms with Crippen LogP contribution in [-0.4, -0.2) is 23.2 Å². The molecular formula is C21H17N3O3. The molecule has 0 atom stereocenters. The number of carbonyl (C=O) groups is 1. The maximum Gasteiger partial charge on any atom is 0.277 e. The molecule has 0 aliphatic heterocycles. The molecule has 0 saturated heterocycles. The van der Waals surface area contributed by atoms with Crippen LogP contribution in [-0.2, 0) is 0 Å². The number of rotatable bonds is 4. The third kappa shape index (κ3) is 3.13. The van der Waals surface area contributed by atoms with Gasteiger partial charge in [0.2, 0.25) is 0 Å². The van der Waals surface area contributed by atoms with E-state index in [-0.39, 0.29) is 11.6 Å². The van der Waals surface area contributed by atoms with Gasteiger partial charge in [-0.1, -0.05) is 23.4 Å². The van der Waals surface area contributed by atoms with Crippen LogP contribution in [0.25, 0.3) is 22.2 Å². The van der Waals surface area contributed by atoms with Crippen LogP contribution in [0.3, 0.4) is 0 Å². The third-order valence-electron chi connectivity index (χ3n) is 4.33. The Morgan fingerprint density at radius 2 is 1.96 bits per heavy atom. The van der Waals surface area contributed by atoms with Crippen molar-refractivity contribution in [2.75, 3.05) is 12.4 Å². The van der Waals surface area contributed by atoms with Gasteiger partial charge in [-0.2, -0.15) is 0 Å². The van der Waals surface area contributed by atoms with E-state index in [0.29, 0.717) is 17.2 Å². The van der Waals surface area contributed by atoms with E-state index in [1.54, 1.807) is 19.4 Å². The summed E-state index contributed by atoms with van der Waals surface area (Å²) in [5.74, 6) is 0.762. The molecule has 0 radical (unpaired) electrons. The summed E-state index contributed by atoms with van der Waals surface area (Å²) in [6.07, 6.45) is 1.73. The molecule has 134 valence electrons. The van der Waals surface area contributed by atoms with E-state index in [1.165, 1.54) is 0 Å². The van der Waals surface area contributed by atoms with Crippen LogP contribution in [0, 0.1) is 6.92 Å². The molecule has 2 aromatic heterocycles. The Morgan fingerprint density at radius 3 is 2.81 bits per heavy atom. The van der Waals surface area contributed by atoms with Crippen LogP contribution < -0.4 is 10.1 Å². The highest BCUT2D eigenvalue weighted by atomic mass is 16.5. The standard InChI is InChI=1S/C21H17N3O3/c1-13-9-10-16(14-7-5-11-22-20(13)14)23-21(25)17-12-19(27-24-17)15-6-3-4-8-18(15)26-2/h3-12H,1-2H3,(H,23,25). The van der Waals surface area contributed by atoms with Gasteiger partial charge in [0.15, 0.2) is 11.5 Å². The third-order valence-corrected chi connectivity index (χ3v) is 4.33. The van der Waals surface area contributed by atoms with Gasteiger partial charge in [0.05, 0.1) is 23.9 Å². The van der Waals surface area contributed by atoms with E-state index < -0.39 is 0 Å². The fourth-order valence-electron chi connectivity index (χ4n) is 2.97. The minimum absolute atomic E-state index is 0.188. The molecule has 1 N–H and O–H groups in total. The number of ether oxygens (including phenoxy) is 1. The number of hydrogen-bond donors (Lipinski definition) is 1. The molecule has 0 aliphatic carbocycles. The van der Waals surface area contributed by atoms with Crippen molar-refractivity contribution in [3.63, 3.8) is 0 Å². The SMILES string of the molecule is COc1ccccc1-c1cc(C(=O)Nc2ccc(C)c3ncccc23)no1. The number of pyridine rings is 1. The highest BCUT2D eigenvalue weighted by Gasteiger charge is 2.17. The van der Waals surface area contributed by atoms with Gasteiger partial charge in [0, 0.05) is 17.6 Å². The van der Waals surface area contributed by atoms with E-state index >= 15 is 0 Å². The molecule has 6 nitrogen and oxygen atoms in total. The van der Waals surface area contributed by atoms with Gasteiger partial charge in [-0.05, 0) is 42.8 Å². The first kappa shape index (κ1) is 16.8. The lowest BCUT2D eigenvalue weighted by atomic mass is 10.1. The molecule has 0 spiro atoms. The van der Waals surface area contributed by atoms with Crippen LogP contribution in [0.15, 0.2) is 65.3 Å². The molecule has 4 rings (SSSR count). The van der Waals surface area contributed by atoms with Crippen LogP contribution in [0.5, 0.6) is 5.75 Å². The first-order valence-corrected chi connectivity index (χ1v) is 8.43. The number of anilines is 1. The zero-order chi connectivity index (χ0) is 18.8. The average Bonchev–Trinajstić information content (AvgIpc) is 3.20. The number of benzene rings is 2. The zero-order valence-corrected chi connectivity index (χ0v) is 14.9. The maximum atomic E-state index is 12.7. The molecule has 0 saturated carbocycles. The fourth-order valence-corrected chi connectivity index (χ4v) is 2.97. The van der Waals surface area contributed by atoms with Gasteiger partial charge in [-0.15, -0.1) is 0 Å². The average molecular weight is 359 g/mol. The Kier molecular flexibility index (Phi) is 4.30. The van der Waals surface area contributed by atoms with Crippen molar-refractivity contribution in [2.45, 2.75) is 6.92 Å². The van der Waals surface area contributed by atoms with E-state index in [4.69, 9.17) is 9.26 Å². The molecule has 2 heterocycles. The predicted octanol–water partition coefficient (Wildman–Crippen LogP) is 4.46. The number of methoxy groups -OCH3 is 1. The van der Waals surface area contributed by atoms with E-state index in [9.17, 15) is 4.79 Å². The molecule has 0 fully saturated rings. The van der Waals surface area contributed by atoms with Gasteiger partial charge >= 0.3 is 0 Å². The number of aromatic nitrogens is 2. The second kappa shape index (κ2) is 6.92. The van der Waals surface area contributed by atoms with Gasteiger partial charge in [-0.3, -0.25) is 9.78 Å². The monoisotopic (exact) mass is 359 g/mol. The number of fused-ring (bicyclic) bond motifs is 1. The molecule has 0 bridgehead atoms. The smallest absolute Gasteiger partial charge is 0.277 e. The molecular weight excluding hydrogens is 342 g/mol. The molecule has 27 heavy (non-hydrogen) atoms. The lowest BCUT2D eigenvalue weighted by Gasteiger charge is -2.08. The van der Waals surface area contributed by atoms with Crippen LogP contribution in [0.1, 0.15) is 16.1 Å². The topological polar surface area (TPSA) is 77.2 Å². The number of para-hydroxylation sites is 1.